The molecule has 0 bridgehead atoms. The first-order valence-electron chi connectivity index (χ1n) is 7.03. The van der Waals surface area contributed by atoms with Gasteiger partial charge >= 0.3 is 5.97 Å². The number of hydrogen-bond donors (Lipinski definition) is 1. The fraction of sp³-hybridized carbons (Fsp3) is 0.467. The van der Waals surface area contributed by atoms with Gasteiger partial charge in [-0.15, -0.1) is 0 Å². The number of carboxylic acids is 1. The minimum absolute atomic E-state index is 0.257. The Morgan fingerprint density at radius 2 is 2.40 bits per heavy atom. The van der Waals surface area contributed by atoms with Crippen molar-refractivity contribution >= 4 is 17.0 Å². The van der Waals surface area contributed by atoms with Gasteiger partial charge in [0.2, 0.25) is 0 Å². The highest BCUT2D eigenvalue weighted by Gasteiger charge is 2.23. The lowest BCUT2D eigenvalue weighted by molar-refractivity contribution is 0.0596. The molecule has 1 aromatic carbocycles. The molecule has 1 atom stereocenters. The lowest BCUT2D eigenvalue weighted by Gasteiger charge is -2.25. The molecule has 3 rings (SSSR count). The molecule has 1 unspecified atom stereocenters. The number of aromatic nitrogens is 2. The molecule has 0 amide bonds. The van der Waals surface area contributed by atoms with Gasteiger partial charge in [-0.25, -0.2) is 9.78 Å². The Balaban J connectivity index is 2.19. The number of fused-ring (bicyclic) bond motifs is 1. The van der Waals surface area contributed by atoms with Gasteiger partial charge in [0.1, 0.15) is 11.3 Å². The number of rotatable bonds is 3. The van der Waals surface area contributed by atoms with E-state index < -0.39 is 5.97 Å². The summed E-state index contributed by atoms with van der Waals surface area (Å²) in [6.45, 7) is 3.53. The normalized spacial score (nSPS) is 19.4. The highest BCUT2D eigenvalue weighted by molar-refractivity contribution is 6.01. The van der Waals surface area contributed by atoms with Gasteiger partial charge < -0.3 is 14.4 Å². The molecular weight excluding hydrogens is 256 g/mol. The maximum absolute atomic E-state index is 11.3. The second-order valence-corrected chi connectivity index (χ2v) is 5.10. The number of carboxylic acid groups (broad SMARTS) is 1. The number of para-hydroxylation sites is 1. The standard InChI is InChI=1S/C15H18N2O3/c1-2-13-16-14-11(15(18)19)6-3-7-12(14)17(13)10-5-4-8-20-9-10/h3,6-7,10H,2,4-5,8-9H2,1H3,(H,18,19). The number of nitrogens with zero attached hydrogens (tertiary/aromatic N) is 2. The Morgan fingerprint density at radius 3 is 3.05 bits per heavy atom. The first-order chi connectivity index (χ1) is 9.72. The van der Waals surface area contributed by atoms with Crippen LogP contribution in [-0.2, 0) is 11.2 Å². The van der Waals surface area contributed by atoms with Crippen molar-refractivity contribution in [3.8, 4) is 0 Å². The van der Waals surface area contributed by atoms with Crippen LogP contribution in [0.5, 0.6) is 0 Å². The molecule has 1 fully saturated rings. The van der Waals surface area contributed by atoms with Crippen LogP contribution in [0.2, 0.25) is 0 Å². The molecule has 2 aromatic rings. The summed E-state index contributed by atoms with van der Waals surface area (Å²) in [5.41, 5.74) is 1.76. The molecule has 0 spiro atoms. The molecular formula is C15H18N2O3. The van der Waals surface area contributed by atoms with Crippen molar-refractivity contribution in [2.24, 2.45) is 0 Å². The Hall–Kier alpha value is -1.88. The van der Waals surface area contributed by atoms with E-state index in [1.165, 1.54) is 0 Å². The number of aromatic carboxylic acids is 1. The molecule has 1 N–H and O–H groups in total. The maximum atomic E-state index is 11.3. The lowest BCUT2D eigenvalue weighted by Crippen LogP contribution is -2.22. The highest BCUT2D eigenvalue weighted by atomic mass is 16.5. The summed E-state index contributed by atoms with van der Waals surface area (Å²) >= 11 is 0. The second-order valence-electron chi connectivity index (χ2n) is 5.10. The SMILES string of the molecule is CCc1nc2c(C(=O)O)cccc2n1C1CCCOC1. The number of carbonyl (C=O) groups is 1. The quantitative estimate of drug-likeness (QED) is 0.934. The van der Waals surface area contributed by atoms with Crippen molar-refractivity contribution in [2.45, 2.75) is 32.2 Å². The molecule has 1 aliphatic rings. The Morgan fingerprint density at radius 1 is 1.55 bits per heavy atom. The molecule has 5 nitrogen and oxygen atoms in total. The summed E-state index contributed by atoms with van der Waals surface area (Å²) in [4.78, 5) is 15.9. The minimum Gasteiger partial charge on any atom is -0.478 e. The Bertz CT molecular complexity index is 642. The first-order valence-corrected chi connectivity index (χ1v) is 7.03. The zero-order valence-corrected chi connectivity index (χ0v) is 11.5. The van der Waals surface area contributed by atoms with Crippen molar-refractivity contribution in [3.05, 3.63) is 29.6 Å². The maximum Gasteiger partial charge on any atom is 0.337 e. The van der Waals surface area contributed by atoms with Gasteiger partial charge in [0.25, 0.3) is 0 Å². The monoisotopic (exact) mass is 274 g/mol. The molecule has 0 aliphatic carbocycles. The van der Waals surface area contributed by atoms with Crippen LogP contribution in [0.1, 0.15) is 42.0 Å². The number of benzene rings is 1. The molecule has 1 aromatic heterocycles. The van der Waals surface area contributed by atoms with E-state index in [9.17, 15) is 9.90 Å². The van der Waals surface area contributed by atoms with Gasteiger partial charge in [-0.2, -0.15) is 0 Å². The minimum atomic E-state index is -0.928. The number of ether oxygens (including phenoxy) is 1. The smallest absolute Gasteiger partial charge is 0.337 e. The van der Waals surface area contributed by atoms with Crippen LogP contribution >= 0.6 is 0 Å². The molecule has 0 radical (unpaired) electrons. The van der Waals surface area contributed by atoms with Crippen molar-refractivity contribution in [1.82, 2.24) is 9.55 Å². The summed E-state index contributed by atoms with van der Waals surface area (Å²) in [6, 6.07) is 5.60. The zero-order valence-electron chi connectivity index (χ0n) is 11.5. The van der Waals surface area contributed by atoms with Crippen molar-refractivity contribution in [2.75, 3.05) is 13.2 Å². The van der Waals surface area contributed by atoms with Crippen LogP contribution in [0.4, 0.5) is 0 Å². The number of imidazole rings is 1. The topological polar surface area (TPSA) is 64.3 Å². The highest BCUT2D eigenvalue weighted by Crippen LogP contribution is 2.28. The van der Waals surface area contributed by atoms with Gasteiger partial charge in [0, 0.05) is 13.0 Å². The third-order valence-corrected chi connectivity index (χ3v) is 3.84. The van der Waals surface area contributed by atoms with Crippen molar-refractivity contribution in [3.63, 3.8) is 0 Å². The van der Waals surface area contributed by atoms with Crippen molar-refractivity contribution in [1.29, 1.82) is 0 Å². The van der Waals surface area contributed by atoms with Crippen LogP contribution in [-0.4, -0.2) is 33.8 Å². The van der Waals surface area contributed by atoms with E-state index >= 15 is 0 Å². The van der Waals surface area contributed by atoms with Crippen LogP contribution in [0.25, 0.3) is 11.0 Å². The summed E-state index contributed by atoms with van der Waals surface area (Å²) in [7, 11) is 0. The van der Waals surface area contributed by atoms with Crippen LogP contribution in [0.3, 0.4) is 0 Å². The van der Waals surface area contributed by atoms with Crippen LogP contribution in [0, 0.1) is 0 Å². The van der Waals surface area contributed by atoms with Gasteiger partial charge in [0.05, 0.1) is 23.7 Å². The van der Waals surface area contributed by atoms with Gasteiger partial charge in [-0.1, -0.05) is 13.0 Å². The molecule has 106 valence electrons. The summed E-state index contributed by atoms with van der Waals surface area (Å²) in [5.74, 6) is 0.00648. The number of aryl methyl sites for hydroxylation is 1. The fourth-order valence-corrected chi connectivity index (χ4v) is 2.92. The molecule has 5 heteroatoms. The van der Waals surface area contributed by atoms with Gasteiger partial charge in [-0.3, -0.25) is 0 Å². The van der Waals surface area contributed by atoms with Crippen LogP contribution < -0.4 is 0 Å². The Kier molecular flexibility index (Phi) is 3.44. The third-order valence-electron chi connectivity index (χ3n) is 3.84. The average Bonchev–Trinajstić information content (AvgIpc) is 2.86. The van der Waals surface area contributed by atoms with Gasteiger partial charge in [-0.05, 0) is 25.0 Å². The van der Waals surface area contributed by atoms with E-state index in [1.807, 2.05) is 13.0 Å². The molecule has 2 heterocycles. The van der Waals surface area contributed by atoms with E-state index in [2.05, 4.69) is 9.55 Å². The first kappa shape index (κ1) is 13.1. The van der Waals surface area contributed by atoms with E-state index in [4.69, 9.17) is 4.74 Å². The summed E-state index contributed by atoms with van der Waals surface area (Å²) in [6.07, 6.45) is 2.87. The molecule has 1 aliphatic heterocycles. The number of hydrogen-bond acceptors (Lipinski definition) is 3. The molecule has 1 saturated heterocycles. The average molecular weight is 274 g/mol. The summed E-state index contributed by atoms with van der Waals surface area (Å²) < 4.78 is 7.73. The summed E-state index contributed by atoms with van der Waals surface area (Å²) in [5, 5.41) is 9.29. The fourth-order valence-electron chi connectivity index (χ4n) is 2.92. The van der Waals surface area contributed by atoms with Crippen molar-refractivity contribution < 1.29 is 14.6 Å². The second kappa shape index (κ2) is 5.25. The predicted octanol–water partition coefficient (Wildman–Crippen LogP) is 2.65. The van der Waals surface area contributed by atoms with Crippen LogP contribution in [0.15, 0.2) is 18.2 Å². The molecule has 20 heavy (non-hydrogen) atoms. The molecule has 0 saturated carbocycles. The Labute approximate surface area is 117 Å². The zero-order chi connectivity index (χ0) is 14.1. The predicted molar refractivity (Wildman–Crippen MR) is 75.2 cm³/mol. The van der Waals surface area contributed by atoms with E-state index in [0.29, 0.717) is 12.1 Å². The third kappa shape index (κ3) is 2.08. The lowest BCUT2D eigenvalue weighted by atomic mass is 10.1. The van der Waals surface area contributed by atoms with E-state index in [0.717, 1.165) is 37.2 Å². The van der Waals surface area contributed by atoms with E-state index in [-0.39, 0.29) is 11.6 Å². The van der Waals surface area contributed by atoms with E-state index in [1.54, 1.807) is 12.1 Å². The van der Waals surface area contributed by atoms with Gasteiger partial charge in [0.15, 0.2) is 0 Å². The largest absolute Gasteiger partial charge is 0.478 e.